The van der Waals surface area contributed by atoms with Crippen LogP contribution in [0.15, 0.2) is 30.3 Å². The summed E-state index contributed by atoms with van der Waals surface area (Å²) < 4.78 is 5.47. The monoisotopic (exact) mass is 207 g/mol. The van der Waals surface area contributed by atoms with E-state index in [1.54, 1.807) is 0 Å². The van der Waals surface area contributed by atoms with Gasteiger partial charge in [-0.1, -0.05) is 30.3 Å². The lowest BCUT2D eigenvalue weighted by molar-refractivity contribution is 0.0670. The van der Waals surface area contributed by atoms with Crippen molar-refractivity contribution < 1.29 is 4.74 Å². The van der Waals surface area contributed by atoms with Crippen LogP contribution < -0.4 is 5.73 Å². The Morgan fingerprint density at radius 2 is 1.87 bits per heavy atom. The second-order valence-corrected chi connectivity index (χ2v) is 4.17. The largest absolute Gasteiger partial charge is 0.377 e. The van der Waals surface area contributed by atoms with Crippen molar-refractivity contribution in [3.8, 4) is 0 Å². The van der Waals surface area contributed by atoms with Crippen molar-refractivity contribution in [3.63, 3.8) is 0 Å². The van der Waals surface area contributed by atoms with E-state index in [1.165, 1.54) is 5.56 Å². The third-order valence-corrected chi connectivity index (χ3v) is 2.29. The highest BCUT2D eigenvalue weighted by Crippen LogP contribution is 2.04. The van der Waals surface area contributed by atoms with Gasteiger partial charge in [0.1, 0.15) is 0 Å². The van der Waals surface area contributed by atoms with Gasteiger partial charge in [0.05, 0.1) is 12.7 Å². The van der Waals surface area contributed by atoms with Crippen LogP contribution in [0.2, 0.25) is 0 Å². The third kappa shape index (κ3) is 5.55. The van der Waals surface area contributed by atoms with Crippen molar-refractivity contribution in [1.29, 1.82) is 0 Å². The van der Waals surface area contributed by atoms with Crippen LogP contribution in [-0.2, 0) is 11.2 Å². The Morgan fingerprint density at radius 3 is 2.47 bits per heavy atom. The molecule has 0 heterocycles. The zero-order valence-electron chi connectivity index (χ0n) is 9.65. The molecule has 1 rings (SSSR count). The van der Waals surface area contributed by atoms with Crippen LogP contribution in [0.25, 0.3) is 0 Å². The van der Waals surface area contributed by atoms with Crippen LogP contribution in [0.3, 0.4) is 0 Å². The number of rotatable bonds is 6. The molecule has 2 heteroatoms. The van der Waals surface area contributed by atoms with Gasteiger partial charge in [-0.2, -0.15) is 0 Å². The molecular weight excluding hydrogens is 186 g/mol. The molecule has 0 aromatic heterocycles. The Kier molecular flexibility index (Phi) is 5.37. The van der Waals surface area contributed by atoms with E-state index in [4.69, 9.17) is 10.5 Å². The molecule has 1 aromatic carbocycles. The number of hydrogen-bond donors (Lipinski definition) is 1. The van der Waals surface area contributed by atoms with Crippen molar-refractivity contribution in [3.05, 3.63) is 35.9 Å². The zero-order valence-corrected chi connectivity index (χ0v) is 9.65. The van der Waals surface area contributed by atoms with E-state index in [-0.39, 0.29) is 12.1 Å². The lowest BCUT2D eigenvalue weighted by Gasteiger charge is -2.14. The molecule has 84 valence electrons. The summed E-state index contributed by atoms with van der Waals surface area (Å²) in [6, 6.07) is 10.6. The lowest BCUT2D eigenvalue weighted by Crippen LogP contribution is -2.28. The van der Waals surface area contributed by atoms with Gasteiger partial charge in [0.2, 0.25) is 0 Å². The molecule has 2 nitrogen and oxygen atoms in total. The number of hydrogen-bond acceptors (Lipinski definition) is 2. The Bertz CT molecular complexity index is 258. The highest BCUT2D eigenvalue weighted by Gasteiger charge is 2.04. The van der Waals surface area contributed by atoms with Gasteiger partial charge in [0.15, 0.2) is 0 Å². The zero-order chi connectivity index (χ0) is 11.1. The maximum absolute atomic E-state index is 5.94. The van der Waals surface area contributed by atoms with Gasteiger partial charge in [-0.3, -0.25) is 0 Å². The summed E-state index contributed by atoms with van der Waals surface area (Å²) in [5, 5.41) is 0. The number of ether oxygens (including phenoxy) is 1. The van der Waals surface area contributed by atoms with Crippen LogP contribution in [0.4, 0.5) is 0 Å². The third-order valence-electron chi connectivity index (χ3n) is 2.29. The van der Waals surface area contributed by atoms with Crippen LogP contribution in [0, 0.1) is 0 Å². The van der Waals surface area contributed by atoms with E-state index in [2.05, 4.69) is 24.3 Å². The molecule has 0 aliphatic carbocycles. The van der Waals surface area contributed by atoms with Crippen LogP contribution >= 0.6 is 0 Å². The summed E-state index contributed by atoms with van der Waals surface area (Å²) >= 11 is 0. The second-order valence-electron chi connectivity index (χ2n) is 4.17. The molecule has 0 fully saturated rings. The second kappa shape index (κ2) is 6.59. The normalized spacial score (nSPS) is 13.1. The average molecular weight is 207 g/mol. The highest BCUT2D eigenvalue weighted by atomic mass is 16.5. The molecule has 1 unspecified atom stereocenters. The summed E-state index contributed by atoms with van der Waals surface area (Å²) in [5.74, 6) is 0. The molecule has 0 aliphatic rings. The predicted octanol–water partition coefficient (Wildman–Crippen LogP) is 2.37. The minimum Gasteiger partial charge on any atom is -0.377 e. The number of aryl methyl sites for hydroxylation is 1. The van der Waals surface area contributed by atoms with E-state index < -0.39 is 0 Å². The first-order chi connectivity index (χ1) is 7.18. The minimum absolute atomic E-state index is 0.146. The van der Waals surface area contributed by atoms with Crippen molar-refractivity contribution in [2.24, 2.45) is 5.73 Å². The summed E-state index contributed by atoms with van der Waals surface area (Å²) in [5.41, 5.74) is 7.29. The van der Waals surface area contributed by atoms with E-state index in [1.807, 2.05) is 19.9 Å². The number of benzene rings is 1. The molecule has 2 N–H and O–H groups in total. The van der Waals surface area contributed by atoms with E-state index >= 15 is 0 Å². The molecule has 0 aliphatic heterocycles. The van der Waals surface area contributed by atoms with Crippen molar-refractivity contribution in [2.75, 3.05) is 6.61 Å². The van der Waals surface area contributed by atoms with Crippen molar-refractivity contribution in [1.82, 2.24) is 0 Å². The van der Waals surface area contributed by atoms with Gasteiger partial charge in [-0.05, 0) is 32.3 Å². The van der Waals surface area contributed by atoms with Gasteiger partial charge in [-0.25, -0.2) is 0 Å². The summed E-state index contributed by atoms with van der Waals surface area (Å²) in [7, 11) is 0. The molecule has 0 amide bonds. The van der Waals surface area contributed by atoms with E-state index in [0.29, 0.717) is 6.61 Å². The standard InChI is InChI=1S/C13H21NO/c1-11(2)15-10-13(14)9-8-12-6-4-3-5-7-12/h3-7,11,13H,8-10,14H2,1-2H3. The molecule has 15 heavy (non-hydrogen) atoms. The first-order valence-electron chi connectivity index (χ1n) is 5.59. The molecule has 1 atom stereocenters. The van der Waals surface area contributed by atoms with Crippen LogP contribution in [0.1, 0.15) is 25.8 Å². The maximum Gasteiger partial charge on any atom is 0.0621 e. The van der Waals surface area contributed by atoms with Crippen LogP contribution in [0.5, 0.6) is 0 Å². The van der Waals surface area contributed by atoms with Crippen molar-refractivity contribution in [2.45, 2.75) is 38.8 Å². The molecular formula is C13H21NO. The van der Waals surface area contributed by atoms with Gasteiger partial charge in [0.25, 0.3) is 0 Å². The van der Waals surface area contributed by atoms with Crippen molar-refractivity contribution >= 4 is 0 Å². The molecule has 0 spiro atoms. The Hall–Kier alpha value is -0.860. The SMILES string of the molecule is CC(C)OCC(N)CCc1ccccc1. The fraction of sp³-hybridized carbons (Fsp3) is 0.538. The molecule has 0 saturated heterocycles. The maximum atomic E-state index is 5.94. The van der Waals surface area contributed by atoms with Gasteiger partial charge in [0, 0.05) is 6.04 Å². The first kappa shape index (κ1) is 12.2. The summed E-state index contributed by atoms with van der Waals surface area (Å²) in [6.07, 6.45) is 2.29. The van der Waals surface area contributed by atoms with Gasteiger partial charge in [-0.15, -0.1) is 0 Å². The highest BCUT2D eigenvalue weighted by molar-refractivity contribution is 5.14. The molecule has 0 bridgehead atoms. The fourth-order valence-corrected chi connectivity index (χ4v) is 1.40. The molecule has 1 aromatic rings. The lowest BCUT2D eigenvalue weighted by atomic mass is 10.1. The smallest absolute Gasteiger partial charge is 0.0621 e. The Labute approximate surface area is 92.4 Å². The minimum atomic E-state index is 0.146. The first-order valence-corrected chi connectivity index (χ1v) is 5.59. The van der Waals surface area contributed by atoms with E-state index in [9.17, 15) is 0 Å². The molecule has 0 saturated carbocycles. The number of nitrogens with two attached hydrogens (primary N) is 1. The fourth-order valence-electron chi connectivity index (χ4n) is 1.40. The van der Waals surface area contributed by atoms with Crippen LogP contribution in [-0.4, -0.2) is 18.8 Å². The summed E-state index contributed by atoms with van der Waals surface area (Å²) in [4.78, 5) is 0. The molecule has 0 radical (unpaired) electrons. The Balaban J connectivity index is 2.19. The van der Waals surface area contributed by atoms with E-state index in [0.717, 1.165) is 12.8 Å². The predicted molar refractivity (Wildman–Crippen MR) is 63.8 cm³/mol. The summed E-state index contributed by atoms with van der Waals surface area (Å²) in [6.45, 7) is 4.72. The average Bonchev–Trinajstić information content (AvgIpc) is 2.25. The van der Waals surface area contributed by atoms with Gasteiger partial charge >= 0.3 is 0 Å². The van der Waals surface area contributed by atoms with Gasteiger partial charge < -0.3 is 10.5 Å². The topological polar surface area (TPSA) is 35.2 Å². The quantitative estimate of drug-likeness (QED) is 0.777. The Morgan fingerprint density at radius 1 is 1.20 bits per heavy atom.